The van der Waals surface area contributed by atoms with Crippen molar-refractivity contribution in [1.82, 2.24) is 0 Å². The SMILES string of the molecule is CC(=O)CC[N+]1=CCCCC1. The molecule has 2 heteroatoms. The summed E-state index contributed by atoms with van der Waals surface area (Å²) in [4.78, 5) is 10.6. The normalized spacial score (nSPS) is 17.7. The summed E-state index contributed by atoms with van der Waals surface area (Å²) in [6, 6.07) is 0. The fourth-order valence-electron chi connectivity index (χ4n) is 1.33. The quantitative estimate of drug-likeness (QED) is 0.560. The van der Waals surface area contributed by atoms with Gasteiger partial charge in [-0.05, 0) is 13.3 Å². The zero-order valence-electron chi connectivity index (χ0n) is 7.18. The van der Waals surface area contributed by atoms with Gasteiger partial charge >= 0.3 is 0 Å². The van der Waals surface area contributed by atoms with Gasteiger partial charge < -0.3 is 0 Å². The monoisotopic (exact) mass is 154 g/mol. The van der Waals surface area contributed by atoms with Crippen LogP contribution in [0.1, 0.15) is 32.6 Å². The second-order valence-electron chi connectivity index (χ2n) is 3.17. The van der Waals surface area contributed by atoms with Crippen LogP contribution in [-0.2, 0) is 4.79 Å². The molecule has 1 rings (SSSR count). The van der Waals surface area contributed by atoms with E-state index >= 15 is 0 Å². The van der Waals surface area contributed by atoms with Gasteiger partial charge in [-0.3, -0.25) is 4.79 Å². The van der Waals surface area contributed by atoms with Crippen LogP contribution in [0.3, 0.4) is 0 Å². The van der Waals surface area contributed by atoms with E-state index in [9.17, 15) is 4.79 Å². The van der Waals surface area contributed by atoms with E-state index in [-0.39, 0.29) is 0 Å². The first kappa shape index (κ1) is 8.44. The van der Waals surface area contributed by atoms with Gasteiger partial charge in [-0.2, -0.15) is 0 Å². The highest BCUT2D eigenvalue weighted by atomic mass is 16.1. The van der Waals surface area contributed by atoms with Crippen LogP contribution in [0.4, 0.5) is 0 Å². The van der Waals surface area contributed by atoms with Gasteiger partial charge in [0.1, 0.15) is 25.1 Å². The minimum absolute atomic E-state index is 0.295. The summed E-state index contributed by atoms with van der Waals surface area (Å²) >= 11 is 0. The summed E-state index contributed by atoms with van der Waals surface area (Å²) in [6.07, 6.45) is 6.73. The number of nitrogens with zero attached hydrogens (tertiary/aromatic N) is 1. The molecule has 0 atom stereocenters. The average molecular weight is 154 g/mol. The molecule has 2 nitrogen and oxygen atoms in total. The molecule has 0 N–H and O–H groups in total. The van der Waals surface area contributed by atoms with Gasteiger partial charge in [0, 0.05) is 12.8 Å². The van der Waals surface area contributed by atoms with E-state index in [4.69, 9.17) is 0 Å². The van der Waals surface area contributed by atoms with Crippen molar-refractivity contribution in [1.29, 1.82) is 0 Å². The Balaban J connectivity index is 2.24. The van der Waals surface area contributed by atoms with Crippen molar-refractivity contribution >= 4 is 12.0 Å². The van der Waals surface area contributed by atoms with Crippen molar-refractivity contribution in [2.75, 3.05) is 13.1 Å². The molecule has 0 unspecified atom stereocenters. The lowest BCUT2D eigenvalue weighted by atomic mass is 10.2. The summed E-state index contributed by atoms with van der Waals surface area (Å²) in [6.45, 7) is 3.73. The predicted octanol–water partition coefficient (Wildman–Crippen LogP) is 1.23. The Morgan fingerprint density at radius 2 is 2.36 bits per heavy atom. The molecule has 1 heterocycles. The fourth-order valence-corrected chi connectivity index (χ4v) is 1.33. The smallest absolute Gasteiger partial charge is 0.149 e. The van der Waals surface area contributed by atoms with Gasteiger partial charge in [0.15, 0.2) is 0 Å². The van der Waals surface area contributed by atoms with Crippen LogP contribution in [-0.4, -0.2) is 29.7 Å². The van der Waals surface area contributed by atoms with Gasteiger partial charge in [0.25, 0.3) is 0 Å². The Hall–Kier alpha value is -0.660. The van der Waals surface area contributed by atoms with Gasteiger partial charge in [0.05, 0.1) is 6.42 Å². The lowest BCUT2D eigenvalue weighted by Crippen LogP contribution is -2.21. The number of Topliss-reactive ketones (excluding diaryl/α,β-unsaturated/α-hetero) is 1. The highest BCUT2D eigenvalue weighted by Gasteiger charge is 2.09. The van der Waals surface area contributed by atoms with E-state index in [1.165, 1.54) is 19.3 Å². The summed E-state index contributed by atoms with van der Waals surface area (Å²) in [5.41, 5.74) is 0. The zero-order chi connectivity index (χ0) is 8.10. The van der Waals surface area contributed by atoms with E-state index in [1.54, 1.807) is 6.92 Å². The Labute approximate surface area is 67.9 Å². The van der Waals surface area contributed by atoms with E-state index in [1.807, 2.05) is 0 Å². The molecule has 0 aliphatic carbocycles. The number of rotatable bonds is 3. The van der Waals surface area contributed by atoms with Crippen LogP contribution in [0, 0.1) is 0 Å². The van der Waals surface area contributed by atoms with E-state index < -0.39 is 0 Å². The minimum atomic E-state index is 0.295. The number of hydrogen-bond donors (Lipinski definition) is 0. The average Bonchev–Trinajstić information content (AvgIpc) is 2.03. The molecule has 62 valence electrons. The molecule has 0 saturated carbocycles. The second kappa shape index (κ2) is 4.27. The van der Waals surface area contributed by atoms with E-state index in [0.717, 1.165) is 13.1 Å². The first-order valence-electron chi connectivity index (χ1n) is 4.36. The Kier molecular flexibility index (Phi) is 3.27. The third-order valence-electron chi connectivity index (χ3n) is 2.04. The second-order valence-corrected chi connectivity index (χ2v) is 3.17. The van der Waals surface area contributed by atoms with Crippen LogP contribution in [0.2, 0.25) is 0 Å². The summed E-state index contributed by atoms with van der Waals surface area (Å²) in [5, 5.41) is 0. The minimum Gasteiger partial charge on any atom is -0.300 e. The molecular formula is C9H16NO+. The molecule has 0 bridgehead atoms. The van der Waals surface area contributed by atoms with Crippen molar-refractivity contribution in [2.24, 2.45) is 0 Å². The summed E-state index contributed by atoms with van der Waals surface area (Å²) in [5.74, 6) is 0.295. The molecule has 0 aromatic heterocycles. The highest BCUT2D eigenvalue weighted by molar-refractivity contribution is 5.75. The fraction of sp³-hybridized carbons (Fsp3) is 0.778. The van der Waals surface area contributed by atoms with Crippen molar-refractivity contribution in [3.05, 3.63) is 0 Å². The van der Waals surface area contributed by atoms with Gasteiger partial charge in [-0.25, -0.2) is 4.58 Å². The van der Waals surface area contributed by atoms with Crippen LogP contribution in [0.25, 0.3) is 0 Å². The number of carbonyl (C=O) groups is 1. The molecule has 0 radical (unpaired) electrons. The van der Waals surface area contributed by atoms with Crippen molar-refractivity contribution in [2.45, 2.75) is 32.6 Å². The maximum atomic E-state index is 10.6. The van der Waals surface area contributed by atoms with Crippen LogP contribution in [0.5, 0.6) is 0 Å². The Bertz CT molecular complexity index is 172. The molecule has 1 aliphatic rings. The topological polar surface area (TPSA) is 20.1 Å². The molecule has 0 aromatic carbocycles. The first-order valence-corrected chi connectivity index (χ1v) is 4.36. The lowest BCUT2D eigenvalue weighted by molar-refractivity contribution is -0.527. The maximum absolute atomic E-state index is 10.6. The molecule has 0 fully saturated rings. The van der Waals surface area contributed by atoms with E-state index in [2.05, 4.69) is 10.8 Å². The third kappa shape index (κ3) is 3.30. The number of carbonyl (C=O) groups excluding carboxylic acids is 1. The first-order chi connectivity index (χ1) is 5.29. The van der Waals surface area contributed by atoms with Gasteiger partial charge in [-0.15, -0.1) is 0 Å². The van der Waals surface area contributed by atoms with Crippen LogP contribution >= 0.6 is 0 Å². The van der Waals surface area contributed by atoms with Gasteiger partial charge in [-0.1, -0.05) is 0 Å². The van der Waals surface area contributed by atoms with Crippen molar-refractivity contribution in [3.63, 3.8) is 0 Å². The number of ketones is 1. The van der Waals surface area contributed by atoms with Crippen LogP contribution < -0.4 is 0 Å². The molecule has 0 saturated heterocycles. The molecule has 11 heavy (non-hydrogen) atoms. The largest absolute Gasteiger partial charge is 0.300 e. The molecule has 0 aromatic rings. The number of hydrogen-bond acceptors (Lipinski definition) is 1. The molecule has 0 amide bonds. The third-order valence-corrected chi connectivity index (χ3v) is 2.04. The predicted molar refractivity (Wildman–Crippen MR) is 45.2 cm³/mol. The Morgan fingerprint density at radius 1 is 1.55 bits per heavy atom. The molecular weight excluding hydrogens is 138 g/mol. The molecule has 0 spiro atoms. The summed E-state index contributed by atoms with van der Waals surface area (Å²) in [7, 11) is 0. The van der Waals surface area contributed by atoms with E-state index in [0.29, 0.717) is 12.2 Å². The van der Waals surface area contributed by atoms with Crippen molar-refractivity contribution < 1.29 is 9.37 Å². The van der Waals surface area contributed by atoms with Crippen LogP contribution in [0.15, 0.2) is 0 Å². The Morgan fingerprint density at radius 3 is 2.91 bits per heavy atom. The summed E-state index contributed by atoms with van der Waals surface area (Å²) < 4.78 is 2.27. The maximum Gasteiger partial charge on any atom is 0.149 e. The van der Waals surface area contributed by atoms with Crippen molar-refractivity contribution in [3.8, 4) is 0 Å². The highest BCUT2D eigenvalue weighted by Crippen LogP contribution is 2.00. The standard InChI is InChI=1S/C9H16NO/c1-9(11)5-8-10-6-3-2-4-7-10/h6H,2-5,7-8H2,1H3/q+1. The zero-order valence-corrected chi connectivity index (χ0v) is 7.18. The lowest BCUT2D eigenvalue weighted by Gasteiger charge is -2.06. The molecule has 1 aliphatic heterocycles. The van der Waals surface area contributed by atoms with Gasteiger partial charge in [0.2, 0.25) is 0 Å².